The van der Waals surface area contributed by atoms with Gasteiger partial charge in [-0.25, -0.2) is 4.98 Å². The predicted molar refractivity (Wildman–Crippen MR) is 84.1 cm³/mol. The van der Waals surface area contributed by atoms with Crippen LogP contribution in [-0.2, 0) is 4.74 Å². The minimum absolute atomic E-state index is 0.199. The first-order valence-corrected chi connectivity index (χ1v) is 7.66. The molecule has 2 atom stereocenters. The Labute approximate surface area is 132 Å². The highest BCUT2D eigenvalue weighted by Gasteiger charge is 2.31. The monoisotopic (exact) mass is 329 g/mol. The van der Waals surface area contributed by atoms with Crippen molar-refractivity contribution in [2.45, 2.75) is 38.6 Å². The second-order valence-electron chi connectivity index (χ2n) is 5.48. The molecule has 0 saturated carbocycles. The quantitative estimate of drug-likeness (QED) is 0.905. The number of ether oxygens (including phenoxy) is 1. The summed E-state index contributed by atoms with van der Waals surface area (Å²) in [6.45, 7) is 4.57. The second-order valence-corrected chi connectivity index (χ2v) is 6.29. The van der Waals surface area contributed by atoms with Crippen LogP contribution in [-0.4, -0.2) is 33.4 Å². The van der Waals surface area contributed by atoms with Crippen molar-refractivity contribution in [3.63, 3.8) is 0 Å². The molecule has 0 radical (unpaired) electrons. The van der Waals surface area contributed by atoms with E-state index < -0.39 is 12.3 Å². The highest BCUT2D eigenvalue weighted by atomic mass is 35.5. The molecule has 1 aliphatic rings. The van der Waals surface area contributed by atoms with Gasteiger partial charge in [0.05, 0.1) is 27.7 Å². The van der Waals surface area contributed by atoms with Gasteiger partial charge in [0.2, 0.25) is 5.95 Å². The molecule has 1 saturated heterocycles. The van der Waals surface area contributed by atoms with E-state index in [1.807, 2.05) is 18.4 Å². The van der Waals surface area contributed by atoms with Crippen LogP contribution in [0.15, 0.2) is 12.1 Å². The lowest BCUT2D eigenvalue weighted by molar-refractivity contribution is -0.00464. The summed E-state index contributed by atoms with van der Waals surface area (Å²) in [4.78, 5) is 4.55. The highest BCUT2D eigenvalue weighted by Crippen LogP contribution is 2.35. The summed E-state index contributed by atoms with van der Waals surface area (Å²) in [7, 11) is 0. The SMILES string of the molecule is CC(C)Nc1nc2cc(Cl)c(Cl)cc2n1[C@@H]1OCC[C@H]1O. The fourth-order valence-corrected chi connectivity index (χ4v) is 2.83. The molecule has 0 spiro atoms. The maximum atomic E-state index is 10.1. The minimum Gasteiger partial charge on any atom is -0.388 e. The first-order chi connectivity index (χ1) is 9.97. The summed E-state index contributed by atoms with van der Waals surface area (Å²) in [5.41, 5.74) is 1.51. The lowest BCUT2D eigenvalue weighted by Crippen LogP contribution is -2.23. The van der Waals surface area contributed by atoms with Crippen LogP contribution in [0.1, 0.15) is 26.5 Å². The van der Waals surface area contributed by atoms with E-state index in [4.69, 9.17) is 27.9 Å². The Balaban J connectivity index is 2.19. The van der Waals surface area contributed by atoms with E-state index in [2.05, 4.69) is 10.3 Å². The number of aliphatic hydroxyl groups excluding tert-OH is 1. The van der Waals surface area contributed by atoms with Gasteiger partial charge in [-0.3, -0.25) is 4.57 Å². The van der Waals surface area contributed by atoms with E-state index >= 15 is 0 Å². The molecule has 1 aromatic heterocycles. The lowest BCUT2D eigenvalue weighted by Gasteiger charge is -2.20. The van der Waals surface area contributed by atoms with Crippen LogP contribution in [0.5, 0.6) is 0 Å². The number of imidazole rings is 1. The average Bonchev–Trinajstić information content (AvgIpc) is 2.93. The number of aromatic nitrogens is 2. The fourth-order valence-electron chi connectivity index (χ4n) is 2.52. The molecule has 0 bridgehead atoms. The summed E-state index contributed by atoms with van der Waals surface area (Å²) in [6, 6.07) is 3.68. The summed E-state index contributed by atoms with van der Waals surface area (Å²) in [5, 5.41) is 14.3. The van der Waals surface area contributed by atoms with Crippen molar-refractivity contribution in [1.29, 1.82) is 0 Å². The molecule has 7 heteroatoms. The topological polar surface area (TPSA) is 59.3 Å². The number of fused-ring (bicyclic) bond motifs is 1. The zero-order chi connectivity index (χ0) is 15.1. The number of nitrogens with zero attached hydrogens (tertiary/aromatic N) is 2. The zero-order valence-electron chi connectivity index (χ0n) is 11.8. The van der Waals surface area contributed by atoms with E-state index in [9.17, 15) is 5.11 Å². The summed E-state index contributed by atoms with van der Waals surface area (Å²) < 4.78 is 7.52. The molecule has 3 rings (SSSR count). The number of halogens is 2. The number of hydrogen-bond donors (Lipinski definition) is 2. The third-order valence-corrected chi connectivity index (χ3v) is 4.16. The van der Waals surface area contributed by atoms with Crippen molar-refractivity contribution in [3.8, 4) is 0 Å². The molecule has 1 aliphatic heterocycles. The van der Waals surface area contributed by atoms with Crippen molar-refractivity contribution < 1.29 is 9.84 Å². The third kappa shape index (κ3) is 2.71. The van der Waals surface area contributed by atoms with E-state index in [1.54, 1.807) is 12.1 Å². The molecular weight excluding hydrogens is 313 g/mol. The molecule has 2 heterocycles. The van der Waals surface area contributed by atoms with Gasteiger partial charge < -0.3 is 15.2 Å². The molecule has 0 amide bonds. The van der Waals surface area contributed by atoms with Crippen molar-refractivity contribution >= 4 is 40.2 Å². The van der Waals surface area contributed by atoms with Crippen LogP contribution in [0, 0.1) is 0 Å². The van der Waals surface area contributed by atoms with Gasteiger partial charge in [0.15, 0.2) is 6.23 Å². The summed E-state index contributed by atoms with van der Waals surface area (Å²) in [5.74, 6) is 0.643. The molecule has 2 N–H and O–H groups in total. The third-order valence-electron chi connectivity index (χ3n) is 3.44. The van der Waals surface area contributed by atoms with Crippen molar-refractivity contribution in [2.75, 3.05) is 11.9 Å². The Hall–Kier alpha value is -1.01. The standard InChI is InChI=1S/C14H17Cl2N3O2/c1-7(2)17-14-18-10-5-8(15)9(16)6-11(10)19(14)13-12(20)3-4-21-13/h5-7,12-13,20H,3-4H2,1-2H3,(H,17,18)/t12-,13-/m1/s1. The maximum absolute atomic E-state index is 10.1. The van der Waals surface area contributed by atoms with Gasteiger partial charge in [-0.1, -0.05) is 23.2 Å². The number of rotatable bonds is 3. The molecule has 0 unspecified atom stereocenters. The van der Waals surface area contributed by atoms with Gasteiger partial charge in [0.25, 0.3) is 0 Å². The molecule has 1 aromatic carbocycles. The lowest BCUT2D eigenvalue weighted by atomic mass is 10.2. The molecule has 114 valence electrons. The van der Waals surface area contributed by atoms with E-state index in [0.717, 1.165) is 11.0 Å². The van der Waals surface area contributed by atoms with Crippen LogP contribution in [0.25, 0.3) is 11.0 Å². The number of anilines is 1. The van der Waals surface area contributed by atoms with E-state index in [1.165, 1.54) is 0 Å². The van der Waals surface area contributed by atoms with E-state index in [-0.39, 0.29) is 6.04 Å². The van der Waals surface area contributed by atoms with Crippen molar-refractivity contribution in [2.24, 2.45) is 0 Å². The Morgan fingerprint density at radius 2 is 2.10 bits per heavy atom. The first-order valence-electron chi connectivity index (χ1n) is 6.90. The molecule has 5 nitrogen and oxygen atoms in total. The molecule has 21 heavy (non-hydrogen) atoms. The molecule has 1 fully saturated rings. The van der Waals surface area contributed by atoms with Crippen molar-refractivity contribution in [3.05, 3.63) is 22.2 Å². The van der Waals surface area contributed by atoms with Crippen LogP contribution >= 0.6 is 23.2 Å². The van der Waals surface area contributed by atoms with Crippen LogP contribution in [0.3, 0.4) is 0 Å². The average molecular weight is 330 g/mol. The van der Waals surface area contributed by atoms with Crippen LogP contribution in [0.4, 0.5) is 5.95 Å². The molecule has 2 aromatic rings. The smallest absolute Gasteiger partial charge is 0.206 e. The molecular formula is C14H17Cl2N3O2. The minimum atomic E-state index is -0.565. The Bertz CT molecular complexity index is 672. The number of nitrogens with one attached hydrogen (secondary N) is 1. The number of aliphatic hydroxyl groups is 1. The largest absolute Gasteiger partial charge is 0.388 e. The summed E-state index contributed by atoms with van der Waals surface area (Å²) >= 11 is 12.2. The zero-order valence-corrected chi connectivity index (χ0v) is 13.3. The van der Waals surface area contributed by atoms with Gasteiger partial charge in [0, 0.05) is 12.5 Å². The van der Waals surface area contributed by atoms with Gasteiger partial charge >= 0.3 is 0 Å². The predicted octanol–water partition coefficient (Wildman–Crippen LogP) is 3.44. The maximum Gasteiger partial charge on any atom is 0.206 e. The van der Waals surface area contributed by atoms with E-state index in [0.29, 0.717) is 29.0 Å². The second kappa shape index (κ2) is 5.65. The first kappa shape index (κ1) is 14.9. The van der Waals surface area contributed by atoms with Gasteiger partial charge in [-0.2, -0.15) is 0 Å². The number of benzene rings is 1. The van der Waals surface area contributed by atoms with Gasteiger partial charge in [0.1, 0.15) is 6.10 Å². The summed E-state index contributed by atoms with van der Waals surface area (Å²) in [6.07, 6.45) is -0.426. The van der Waals surface area contributed by atoms with Crippen molar-refractivity contribution in [1.82, 2.24) is 9.55 Å². The van der Waals surface area contributed by atoms with Gasteiger partial charge in [-0.05, 0) is 26.0 Å². The molecule has 0 aliphatic carbocycles. The normalized spacial score (nSPS) is 22.4. The van der Waals surface area contributed by atoms with Crippen LogP contribution < -0.4 is 5.32 Å². The van der Waals surface area contributed by atoms with Crippen LogP contribution in [0.2, 0.25) is 10.0 Å². The highest BCUT2D eigenvalue weighted by molar-refractivity contribution is 6.42. The Morgan fingerprint density at radius 3 is 2.71 bits per heavy atom. The number of hydrogen-bond acceptors (Lipinski definition) is 4. The fraction of sp³-hybridized carbons (Fsp3) is 0.500. The van der Waals surface area contributed by atoms with Gasteiger partial charge in [-0.15, -0.1) is 0 Å². The Kier molecular flexibility index (Phi) is 4.01. The Morgan fingerprint density at radius 1 is 1.38 bits per heavy atom.